The third kappa shape index (κ3) is 51.7. The van der Waals surface area contributed by atoms with Crippen LogP contribution in [-0.2, 0) is 23.8 Å². The molecule has 64 heavy (non-hydrogen) atoms. The van der Waals surface area contributed by atoms with Crippen LogP contribution in [0.5, 0.6) is 0 Å². The maximum atomic E-state index is 12.8. The molecular formula is C59H102O5. The molecule has 0 heterocycles. The lowest BCUT2D eigenvalue weighted by Crippen LogP contribution is -2.30. The number of esters is 2. The molecule has 5 heteroatoms. The Labute approximate surface area is 397 Å². The van der Waals surface area contributed by atoms with Gasteiger partial charge < -0.3 is 14.2 Å². The summed E-state index contributed by atoms with van der Waals surface area (Å²) in [6.07, 6.45) is 71.8. The van der Waals surface area contributed by atoms with Crippen molar-refractivity contribution in [2.45, 2.75) is 258 Å². The van der Waals surface area contributed by atoms with Gasteiger partial charge in [0.15, 0.2) is 6.10 Å². The Morgan fingerprint density at radius 1 is 0.359 bits per heavy atom. The first-order valence-electron chi connectivity index (χ1n) is 27.1. The summed E-state index contributed by atoms with van der Waals surface area (Å²) in [5, 5.41) is 0. The van der Waals surface area contributed by atoms with Crippen molar-refractivity contribution in [3.63, 3.8) is 0 Å². The van der Waals surface area contributed by atoms with E-state index in [-0.39, 0.29) is 25.2 Å². The Morgan fingerprint density at radius 2 is 0.703 bits per heavy atom. The summed E-state index contributed by atoms with van der Waals surface area (Å²) in [6, 6.07) is 0. The van der Waals surface area contributed by atoms with Gasteiger partial charge in [-0.2, -0.15) is 0 Å². The predicted molar refractivity (Wildman–Crippen MR) is 279 cm³/mol. The normalized spacial score (nSPS) is 12.9. The highest BCUT2D eigenvalue weighted by atomic mass is 16.6. The molecule has 0 aliphatic rings. The van der Waals surface area contributed by atoms with Crippen LogP contribution in [0.1, 0.15) is 252 Å². The fraction of sp³-hybridized carbons (Fsp3) is 0.729. The van der Waals surface area contributed by atoms with E-state index in [9.17, 15) is 9.59 Å². The number of carbonyl (C=O) groups excluding carboxylic acids is 2. The second kappa shape index (κ2) is 54.4. The molecule has 0 saturated heterocycles. The van der Waals surface area contributed by atoms with E-state index < -0.39 is 6.10 Å². The van der Waals surface area contributed by atoms with Gasteiger partial charge in [0.25, 0.3) is 0 Å². The lowest BCUT2D eigenvalue weighted by atomic mass is 10.1. The van der Waals surface area contributed by atoms with Crippen LogP contribution in [0.3, 0.4) is 0 Å². The van der Waals surface area contributed by atoms with Gasteiger partial charge in [-0.25, -0.2) is 0 Å². The summed E-state index contributed by atoms with van der Waals surface area (Å²) in [5.41, 5.74) is 0. The summed E-state index contributed by atoms with van der Waals surface area (Å²) >= 11 is 0. The average molecular weight is 891 g/mol. The summed E-state index contributed by atoms with van der Waals surface area (Å²) in [6.45, 7) is 7.57. The summed E-state index contributed by atoms with van der Waals surface area (Å²) in [4.78, 5) is 25.4. The van der Waals surface area contributed by atoms with Crippen LogP contribution in [0, 0.1) is 0 Å². The molecule has 0 aliphatic heterocycles. The zero-order chi connectivity index (χ0) is 46.3. The van der Waals surface area contributed by atoms with E-state index in [1.165, 1.54) is 135 Å². The van der Waals surface area contributed by atoms with Crippen molar-refractivity contribution < 1.29 is 23.8 Å². The standard InChI is InChI=1S/C59H102O5/c1-4-7-10-13-16-19-22-24-26-28-29-30-32-34-36-39-42-45-48-51-54-62-55-57(64-59(61)53-50-47-44-41-37-21-18-15-12-9-6-3)56-63-58(60)52-49-46-43-40-38-35-33-31-27-25-23-20-17-14-11-8-5-2/h7,10,16,19,24-27,29-30,34,36,42,45,57H,4-6,8-9,11-15,17-18,20-23,28,31-33,35,37-41,43-44,46-56H2,1-3H3/b10-7-,19-16-,26-24-,27-25-,30-29-,36-34-,45-42-. The maximum absolute atomic E-state index is 12.8. The Kier molecular flexibility index (Phi) is 51.9. The first-order valence-corrected chi connectivity index (χ1v) is 27.1. The van der Waals surface area contributed by atoms with Crippen molar-refractivity contribution in [3.05, 3.63) is 85.1 Å². The average Bonchev–Trinajstić information content (AvgIpc) is 3.30. The number of allylic oxidation sites excluding steroid dienone is 14. The maximum Gasteiger partial charge on any atom is 0.306 e. The van der Waals surface area contributed by atoms with Gasteiger partial charge in [-0.1, -0.05) is 234 Å². The first-order chi connectivity index (χ1) is 31.6. The smallest absolute Gasteiger partial charge is 0.306 e. The fourth-order valence-electron chi connectivity index (χ4n) is 7.40. The van der Waals surface area contributed by atoms with Gasteiger partial charge in [0.1, 0.15) is 6.61 Å². The van der Waals surface area contributed by atoms with Gasteiger partial charge in [0.05, 0.1) is 6.61 Å². The summed E-state index contributed by atoms with van der Waals surface area (Å²) < 4.78 is 17.3. The van der Waals surface area contributed by atoms with Crippen LogP contribution in [0.4, 0.5) is 0 Å². The van der Waals surface area contributed by atoms with Crippen molar-refractivity contribution in [1.82, 2.24) is 0 Å². The van der Waals surface area contributed by atoms with Gasteiger partial charge >= 0.3 is 11.9 Å². The minimum Gasteiger partial charge on any atom is -0.462 e. The highest BCUT2D eigenvalue weighted by Crippen LogP contribution is 2.14. The monoisotopic (exact) mass is 891 g/mol. The van der Waals surface area contributed by atoms with Crippen LogP contribution in [0.2, 0.25) is 0 Å². The van der Waals surface area contributed by atoms with E-state index in [2.05, 4.69) is 106 Å². The van der Waals surface area contributed by atoms with Gasteiger partial charge in [-0.3, -0.25) is 9.59 Å². The van der Waals surface area contributed by atoms with E-state index in [1.54, 1.807) is 0 Å². The van der Waals surface area contributed by atoms with Crippen molar-refractivity contribution >= 4 is 11.9 Å². The van der Waals surface area contributed by atoms with Crippen LogP contribution >= 0.6 is 0 Å². The molecule has 1 unspecified atom stereocenters. The molecule has 0 amide bonds. The molecule has 1 atom stereocenters. The van der Waals surface area contributed by atoms with E-state index in [0.29, 0.717) is 19.4 Å². The second-order valence-corrected chi connectivity index (χ2v) is 17.8. The Hall–Kier alpha value is -2.92. The predicted octanol–water partition coefficient (Wildman–Crippen LogP) is 18.5. The highest BCUT2D eigenvalue weighted by Gasteiger charge is 2.17. The number of ether oxygens (including phenoxy) is 3. The molecule has 0 bridgehead atoms. The molecule has 0 aromatic carbocycles. The van der Waals surface area contributed by atoms with Crippen molar-refractivity contribution in [1.29, 1.82) is 0 Å². The molecule has 0 saturated carbocycles. The molecule has 0 rings (SSSR count). The van der Waals surface area contributed by atoms with Crippen LogP contribution in [0.25, 0.3) is 0 Å². The zero-order valence-corrected chi connectivity index (χ0v) is 42.3. The molecule has 5 nitrogen and oxygen atoms in total. The lowest BCUT2D eigenvalue weighted by Gasteiger charge is -2.18. The third-order valence-corrected chi connectivity index (χ3v) is 11.4. The molecular weight excluding hydrogens is 789 g/mol. The number of rotatable bonds is 49. The number of hydrogen-bond acceptors (Lipinski definition) is 5. The number of unbranched alkanes of at least 4 members (excludes halogenated alkanes) is 24. The van der Waals surface area contributed by atoms with Crippen LogP contribution < -0.4 is 0 Å². The first kappa shape index (κ1) is 61.1. The Morgan fingerprint density at radius 3 is 1.14 bits per heavy atom. The number of carbonyl (C=O) groups is 2. The molecule has 0 spiro atoms. The molecule has 0 aliphatic carbocycles. The van der Waals surface area contributed by atoms with Gasteiger partial charge in [-0.15, -0.1) is 0 Å². The highest BCUT2D eigenvalue weighted by molar-refractivity contribution is 5.70. The minimum atomic E-state index is -0.569. The Balaban J connectivity index is 4.33. The SMILES string of the molecule is CC/C=C\C/C=C\C/C=C\C/C=C\C/C=C\C/C=C\CCCOCC(COC(=O)CCCCCCCCC/C=C\CCCCCCCC)OC(=O)CCCCCCCCCCCCC. The van der Waals surface area contributed by atoms with Crippen molar-refractivity contribution in [2.24, 2.45) is 0 Å². The molecule has 0 aromatic heterocycles. The van der Waals surface area contributed by atoms with Crippen LogP contribution in [-0.4, -0.2) is 37.9 Å². The van der Waals surface area contributed by atoms with E-state index in [0.717, 1.165) is 83.5 Å². The minimum absolute atomic E-state index is 0.0589. The second-order valence-electron chi connectivity index (χ2n) is 17.8. The van der Waals surface area contributed by atoms with Crippen LogP contribution in [0.15, 0.2) is 85.1 Å². The van der Waals surface area contributed by atoms with E-state index >= 15 is 0 Å². The Bertz CT molecular complexity index is 1190. The fourth-order valence-corrected chi connectivity index (χ4v) is 7.40. The van der Waals surface area contributed by atoms with E-state index in [4.69, 9.17) is 14.2 Å². The third-order valence-electron chi connectivity index (χ3n) is 11.4. The topological polar surface area (TPSA) is 61.8 Å². The lowest BCUT2D eigenvalue weighted by molar-refractivity contribution is -0.163. The molecule has 0 radical (unpaired) electrons. The summed E-state index contributed by atoms with van der Waals surface area (Å²) in [5.74, 6) is -0.431. The molecule has 0 fully saturated rings. The summed E-state index contributed by atoms with van der Waals surface area (Å²) in [7, 11) is 0. The largest absolute Gasteiger partial charge is 0.462 e. The van der Waals surface area contributed by atoms with Crippen molar-refractivity contribution in [3.8, 4) is 0 Å². The number of hydrogen-bond donors (Lipinski definition) is 0. The van der Waals surface area contributed by atoms with Gasteiger partial charge in [-0.05, 0) is 89.9 Å². The molecule has 368 valence electrons. The van der Waals surface area contributed by atoms with Crippen molar-refractivity contribution in [2.75, 3.05) is 19.8 Å². The quantitative estimate of drug-likeness (QED) is 0.0346. The van der Waals surface area contributed by atoms with Gasteiger partial charge in [0.2, 0.25) is 0 Å². The zero-order valence-electron chi connectivity index (χ0n) is 42.3. The van der Waals surface area contributed by atoms with Gasteiger partial charge in [0, 0.05) is 19.4 Å². The molecule has 0 aromatic rings. The van der Waals surface area contributed by atoms with E-state index in [1.807, 2.05) is 0 Å². The molecule has 0 N–H and O–H groups in total.